The molecule has 1 aliphatic rings. The second-order valence-electron chi connectivity index (χ2n) is 7.68. The molecule has 6 nitrogen and oxygen atoms in total. The number of carbonyl (C=O) groups is 1. The first-order valence-corrected chi connectivity index (χ1v) is 11.4. The van der Waals surface area contributed by atoms with Crippen LogP contribution in [-0.4, -0.2) is 33.4 Å². The summed E-state index contributed by atoms with van der Waals surface area (Å²) in [5.74, 6) is -0.339. The molecule has 0 bridgehead atoms. The molecule has 1 aromatic heterocycles. The van der Waals surface area contributed by atoms with Crippen LogP contribution in [0.5, 0.6) is 5.75 Å². The van der Waals surface area contributed by atoms with Crippen molar-refractivity contribution in [3.8, 4) is 17.0 Å². The molecule has 1 heterocycles. The van der Waals surface area contributed by atoms with Crippen LogP contribution in [0.25, 0.3) is 22.2 Å². The van der Waals surface area contributed by atoms with Crippen molar-refractivity contribution in [2.75, 3.05) is 7.11 Å². The van der Waals surface area contributed by atoms with Crippen molar-refractivity contribution in [1.29, 1.82) is 0 Å². The molecule has 3 N–H and O–H groups in total. The van der Waals surface area contributed by atoms with E-state index in [2.05, 4.69) is 9.71 Å². The molecule has 1 aliphatic carbocycles. The lowest BCUT2D eigenvalue weighted by Crippen LogP contribution is -2.32. The van der Waals surface area contributed by atoms with Crippen LogP contribution in [0.3, 0.4) is 0 Å². The van der Waals surface area contributed by atoms with Gasteiger partial charge in [0.25, 0.3) is 0 Å². The summed E-state index contributed by atoms with van der Waals surface area (Å²) in [7, 11) is 0.148. The van der Waals surface area contributed by atoms with Crippen LogP contribution in [0, 0.1) is 0 Å². The van der Waals surface area contributed by atoms with Gasteiger partial charge in [-0.1, -0.05) is 37.5 Å². The first-order valence-electron chi connectivity index (χ1n) is 10.2. The topological polar surface area (TPSA) is 91.4 Å². The molecule has 2 aromatic carbocycles. The second-order valence-corrected chi connectivity index (χ2v) is 8.89. The molecular weight excluding hydrogens is 400 g/mol. The molecular formula is C23H26N2O4S. The largest absolute Gasteiger partial charge is 0.495 e. The fraction of sp³-hybridized carbons (Fsp3) is 0.348. The summed E-state index contributed by atoms with van der Waals surface area (Å²) < 4.78 is 21.8. The second kappa shape index (κ2) is 9.02. The number of aliphatic carboxylic acids is 1. The summed E-state index contributed by atoms with van der Waals surface area (Å²) in [6.45, 7) is 0. The first kappa shape index (κ1) is 20.6. The number of carboxylic acid groups (broad SMARTS) is 1. The molecule has 1 fully saturated rings. The number of nitrogens with one attached hydrogen (secondary N) is 2. The zero-order chi connectivity index (χ0) is 21.1. The van der Waals surface area contributed by atoms with Crippen molar-refractivity contribution < 1.29 is 18.8 Å². The minimum atomic E-state index is -1.42. The Hall–Kier alpha value is -2.64. The molecule has 7 heteroatoms. The Morgan fingerprint density at radius 1 is 1.20 bits per heavy atom. The van der Waals surface area contributed by atoms with E-state index >= 15 is 0 Å². The summed E-state index contributed by atoms with van der Waals surface area (Å²) >= 11 is 0. The van der Waals surface area contributed by atoms with Gasteiger partial charge < -0.3 is 14.8 Å². The summed E-state index contributed by atoms with van der Waals surface area (Å²) in [6.07, 6.45) is 5.50. The Morgan fingerprint density at radius 2 is 1.97 bits per heavy atom. The highest BCUT2D eigenvalue weighted by molar-refractivity contribution is 7.83. The molecule has 158 valence electrons. The van der Waals surface area contributed by atoms with E-state index in [1.54, 1.807) is 13.2 Å². The first-order chi connectivity index (χ1) is 14.6. The predicted molar refractivity (Wildman–Crippen MR) is 118 cm³/mol. The lowest BCUT2D eigenvalue weighted by atomic mass is 9.96. The maximum Gasteiger partial charge on any atom is 0.307 e. The van der Waals surface area contributed by atoms with Gasteiger partial charge >= 0.3 is 5.97 Å². The van der Waals surface area contributed by atoms with Crippen molar-refractivity contribution in [1.82, 2.24) is 9.71 Å². The van der Waals surface area contributed by atoms with Crippen LogP contribution in [0.4, 0.5) is 0 Å². The Balaban J connectivity index is 1.74. The predicted octanol–water partition coefficient (Wildman–Crippen LogP) is 4.42. The van der Waals surface area contributed by atoms with Gasteiger partial charge in [0.05, 0.1) is 24.1 Å². The van der Waals surface area contributed by atoms with E-state index in [1.165, 1.54) is 6.42 Å². The summed E-state index contributed by atoms with van der Waals surface area (Å²) in [5.41, 5.74) is 3.12. The minimum absolute atomic E-state index is 0.0931. The highest BCUT2D eigenvalue weighted by Gasteiger charge is 2.21. The van der Waals surface area contributed by atoms with Crippen LogP contribution in [0.1, 0.15) is 37.7 Å². The summed E-state index contributed by atoms with van der Waals surface area (Å²) in [5, 5.41) is 10.3. The Bertz CT molecular complexity index is 1090. The average Bonchev–Trinajstić information content (AvgIpc) is 3.12. The van der Waals surface area contributed by atoms with Crippen molar-refractivity contribution in [3.05, 3.63) is 48.0 Å². The SMILES string of the molecule is COc1ccc(-c2[nH]c3ccccc3c2CC(=O)O)cc1S(=O)NC1CCCCC1. The van der Waals surface area contributed by atoms with Crippen LogP contribution in [0.2, 0.25) is 0 Å². The number of aromatic amines is 1. The van der Waals surface area contributed by atoms with E-state index in [1.807, 2.05) is 36.4 Å². The lowest BCUT2D eigenvalue weighted by Gasteiger charge is -2.22. The highest BCUT2D eigenvalue weighted by Crippen LogP contribution is 2.34. The van der Waals surface area contributed by atoms with Crippen molar-refractivity contribution in [2.45, 2.75) is 49.5 Å². The van der Waals surface area contributed by atoms with Gasteiger partial charge in [0.1, 0.15) is 16.7 Å². The number of hydrogen-bond acceptors (Lipinski definition) is 3. The molecule has 1 unspecified atom stereocenters. The van der Waals surface area contributed by atoms with E-state index < -0.39 is 17.0 Å². The van der Waals surface area contributed by atoms with Gasteiger partial charge in [0, 0.05) is 16.9 Å². The van der Waals surface area contributed by atoms with E-state index in [0.717, 1.165) is 53.4 Å². The van der Waals surface area contributed by atoms with Gasteiger partial charge in [-0.05, 0) is 48.2 Å². The van der Waals surface area contributed by atoms with Crippen LogP contribution in [-0.2, 0) is 22.2 Å². The zero-order valence-electron chi connectivity index (χ0n) is 16.9. The number of fused-ring (bicyclic) bond motifs is 1. The molecule has 30 heavy (non-hydrogen) atoms. The van der Waals surface area contributed by atoms with Crippen molar-refractivity contribution in [3.63, 3.8) is 0 Å². The van der Waals surface area contributed by atoms with E-state index in [-0.39, 0.29) is 12.5 Å². The maximum absolute atomic E-state index is 13.1. The Morgan fingerprint density at radius 3 is 2.70 bits per heavy atom. The molecule has 0 spiro atoms. The van der Waals surface area contributed by atoms with Gasteiger partial charge in [0.2, 0.25) is 0 Å². The van der Waals surface area contributed by atoms with Crippen LogP contribution >= 0.6 is 0 Å². The number of H-pyrrole nitrogens is 1. The van der Waals surface area contributed by atoms with Gasteiger partial charge in [-0.15, -0.1) is 0 Å². The summed E-state index contributed by atoms with van der Waals surface area (Å²) in [4.78, 5) is 15.4. The van der Waals surface area contributed by atoms with Gasteiger partial charge in [-0.25, -0.2) is 8.93 Å². The third-order valence-corrected chi connectivity index (χ3v) is 6.94. The van der Waals surface area contributed by atoms with Crippen molar-refractivity contribution in [2.24, 2.45) is 0 Å². The highest BCUT2D eigenvalue weighted by atomic mass is 32.2. The number of benzene rings is 2. The molecule has 4 rings (SSSR count). The molecule has 0 amide bonds. The molecule has 0 aliphatic heterocycles. The average molecular weight is 427 g/mol. The third-order valence-electron chi connectivity index (χ3n) is 5.67. The maximum atomic E-state index is 13.1. The van der Waals surface area contributed by atoms with E-state index in [0.29, 0.717) is 10.6 Å². The third kappa shape index (κ3) is 4.27. The molecule has 0 saturated heterocycles. The molecule has 1 atom stereocenters. The van der Waals surface area contributed by atoms with Gasteiger partial charge in [-0.3, -0.25) is 4.79 Å². The minimum Gasteiger partial charge on any atom is -0.495 e. The number of hydrogen-bond donors (Lipinski definition) is 3. The standard InChI is InChI=1S/C23H26N2O4S/c1-29-20-12-11-15(13-21(20)30(28)25-16-7-3-2-4-8-16)23-18(14-22(26)27)17-9-5-6-10-19(17)24-23/h5-6,9-13,16,24-25H,2-4,7-8,14H2,1H3,(H,26,27). The normalized spacial score (nSPS) is 15.9. The number of ether oxygens (including phenoxy) is 1. The fourth-order valence-corrected chi connectivity index (χ4v) is 5.43. The Kier molecular flexibility index (Phi) is 6.20. The quantitative estimate of drug-likeness (QED) is 0.522. The fourth-order valence-electron chi connectivity index (χ4n) is 4.19. The summed E-state index contributed by atoms with van der Waals surface area (Å²) in [6, 6.07) is 13.4. The Labute approximate surface area is 178 Å². The van der Waals surface area contributed by atoms with Crippen molar-refractivity contribution >= 4 is 27.9 Å². The molecule has 0 radical (unpaired) electrons. The number of para-hydroxylation sites is 1. The van der Waals surface area contributed by atoms with Gasteiger partial charge in [-0.2, -0.15) is 0 Å². The van der Waals surface area contributed by atoms with Gasteiger partial charge in [0.15, 0.2) is 0 Å². The zero-order valence-corrected chi connectivity index (χ0v) is 17.8. The lowest BCUT2D eigenvalue weighted by molar-refractivity contribution is -0.136. The number of rotatable bonds is 7. The van der Waals surface area contributed by atoms with E-state index in [4.69, 9.17) is 4.74 Å². The number of aromatic nitrogens is 1. The van der Waals surface area contributed by atoms with Crippen LogP contribution < -0.4 is 9.46 Å². The monoisotopic (exact) mass is 426 g/mol. The van der Waals surface area contributed by atoms with Crippen LogP contribution in [0.15, 0.2) is 47.4 Å². The number of carboxylic acids is 1. The smallest absolute Gasteiger partial charge is 0.307 e. The molecule has 1 saturated carbocycles. The molecule has 3 aromatic rings. The van der Waals surface area contributed by atoms with E-state index in [9.17, 15) is 14.1 Å². The number of methoxy groups -OCH3 is 1.